The predicted molar refractivity (Wildman–Crippen MR) is 80.9 cm³/mol. The second kappa shape index (κ2) is 12.9. The molecule has 0 amide bonds. The van der Waals surface area contributed by atoms with Crippen molar-refractivity contribution in [2.75, 3.05) is 26.0 Å². The largest absolute Gasteiger partial charge is 0.320 e. The molecule has 0 aliphatic rings. The van der Waals surface area contributed by atoms with Crippen molar-refractivity contribution in [1.82, 2.24) is 5.32 Å². The van der Waals surface area contributed by atoms with E-state index in [-0.39, 0.29) is 5.75 Å². The second-order valence-electron chi connectivity index (χ2n) is 5.02. The van der Waals surface area contributed by atoms with Crippen LogP contribution in [0.5, 0.6) is 0 Å². The molecule has 0 aliphatic carbocycles. The van der Waals surface area contributed by atoms with Gasteiger partial charge in [0.15, 0.2) is 0 Å². The second-order valence-corrected chi connectivity index (χ2v) is 6.78. The molecule has 4 nitrogen and oxygen atoms in total. The maximum absolute atomic E-state index is 11.5. The van der Waals surface area contributed by atoms with Crippen LogP contribution >= 0.6 is 0 Å². The van der Waals surface area contributed by atoms with Gasteiger partial charge in [-0.25, -0.2) is 0 Å². The molecule has 0 aromatic rings. The smallest absolute Gasteiger partial charge is 0.267 e. The minimum Gasteiger partial charge on any atom is -0.320 e. The lowest BCUT2D eigenvalue weighted by Crippen LogP contribution is -2.15. The SMILES string of the molecule is CCCCCCCCCCS(=O)(=O)OCCCNC. The molecule has 1 N–H and O–H groups in total. The Morgan fingerprint density at radius 1 is 0.895 bits per heavy atom. The predicted octanol–water partition coefficient (Wildman–Crippen LogP) is 3.08. The Labute approximate surface area is 119 Å². The molecular formula is C14H31NO3S. The van der Waals surface area contributed by atoms with Crippen LogP contribution in [0, 0.1) is 0 Å². The first kappa shape index (κ1) is 18.9. The van der Waals surface area contributed by atoms with Crippen LogP contribution in [0.1, 0.15) is 64.7 Å². The normalized spacial score (nSPS) is 11.9. The fourth-order valence-electron chi connectivity index (χ4n) is 1.91. The first-order valence-corrected chi connectivity index (χ1v) is 9.22. The molecule has 0 rings (SSSR count). The molecule has 0 aliphatic heterocycles. The summed E-state index contributed by atoms with van der Waals surface area (Å²) in [5, 5.41) is 2.96. The van der Waals surface area contributed by atoms with Crippen LogP contribution in [-0.2, 0) is 14.3 Å². The van der Waals surface area contributed by atoms with E-state index in [9.17, 15) is 8.42 Å². The van der Waals surface area contributed by atoms with Crippen molar-refractivity contribution in [1.29, 1.82) is 0 Å². The fraction of sp³-hybridized carbons (Fsp3) is 1.00. The monoisotopic (exact) mass is 293 g/mol. The Hall–Kier alpha value is -0.130. The van der Waals surface area contributed by atoms with Crippen molar-refractivity contribution in [3.05, 3.63) is 0 Å². The van der Waals surface area contributed by atoms with Gasteiger partial charge in [-0.15, -0.1) is 0 Å². The van der Waals surface area contributed by atoms with Gasteiger partial charge in [-0.1, -0.05) is 51.9 Å². The Bertz CT molecular complexity index is 278. The molecule has 0 heterocycles. The molecule has 5 heteroatoms. The number of hydrogen-bond acceptors (Lipinski definition) is 4. The van der Waals surface area contributed by atoms with Gasteiger partial charge >= 0.3 is 0 Å². The van der Waals surface area contributed by atoms with E-state index in [4.69, 9.17) is 4.18 Å². The van der Waals surface area contributed by atoms with Gasteiger partial charge in [-0.2, -0.15) is 8.42 Å². The zero-order chi connectivity index (χ0) is 14.4. The Balaban J connectivity index is 3.38. The van der Waals surface area contributed by atoms with E-state index < -0.39 is 10.1 Å². The molecule has 0 aromatic heterocycles. The van der Waals surface area contributed by atoms with Gasteiger partial charge in [-0.3, -0.25) is 4.18 Å². The van der Waals surface area contributed by atoms with Gasteiger partial charge in [0.05, 0.1) is 12.4 Å². The first-order valence-electron chi connectivity index (χ1n) is 7.64. The molecule has 0 atom stereocenters. The molecule has 0 radical (unpaired) electrons. The summed E-state index contributed by atoms with van der Waals surface area (Å²) in [6, 6.07) is 0. The van der Waals surface area contributed by atoms with E-state index in [0.29, 0.717) is 6.61 Å². The summed E-state index contributed by atoms with van der Waals surface area (Å²) in [6.45, 7) is 3.29. The van der Waals surface area contributed by atoms with Crippen molar-refractivity contribution in [2.45, 2.75) is 64.7 Å². The van der Waals surface area contributed by atoms with Crippen molar-refractivity contribution < 1.29 is 12.6 Å². The molecule has 0 spiro atoms. The van der Waals surface area contributed by atoms with Crippen molar-refractivity contribution in [2.24, 2.45) is 0 Å². The zero-order valence-corrected chi connectivity index (χ0v) is 13.4. The molecule has 0 fully saturated rings. The maximum atomic E-state index is 11.5. The molecule has 116 valence electrons. The minimum absolute atomic E-state index is 0.168. The van der Waals surface area contributed by atoms with E-state index in [1.807, 2.05) is 7.05 Å². The van der Waals surface area contributed by atoms with Crippen LogP contribution in [0.3, 0.4) is 0 Å². The summed E-state index contributed by atoms with van der Waals surface area (Å²) < 4.78 is 28.0. The van der Waals surface area contributed by atoms with Crippen molar-refractivity contribution in [3.63, 3.8) is 0 Å². The number of unbranched alkanes of at least 4 members (excludes halogenated alkanes) is 7. The fourth-order valence-corrected chi connectivity index (χ4v) is 2.95. The standard InChI is InChI=1S/C14H31NO3S/c1-3-4-5-6-7-8-9-10-14-19(16,17)18-13-11-12-15-2/h15H,3-14H2,1-2H3. The highest BCUT2D eigenvalue weighted by Gasteiger charge is 2.09. The van der Waals surface area contributed by atoms with Gasteiger partial charge in [0.1, 0.15) is 0 Å². The van der Waals surface area contributed by atoms with Gasteiger partial charge in [0, 0.05) is 0 Å². The van der Waals surface area contributed by atoms with Gasteiger partial charge < -0.3 is 5.32 Å². The maximum Gasteiger partial charge on any atom is 0.267 e. The summed E-state index contributed by atoms with van der Waals surface area (Å²) in [5.41, 5.74) is 0. The molecule has 19 heavy (non-hydrogen) atoms. The highest BCUT2D eigenvalue weighted by molar-refractivity contribution is 7.86. The number of rotatable bonds is 14. The van der Waals surface area contributed by atoms with Crippen LogP contribution in [0.2, 0.25) is 0 Å². The Morgan fingerprint density at radius 2 is 1.47 bits per heavy atom. The van der Waals surface area contributed by atoms with E-state index >= 15 is 0 Å². The van der Waals surface area contributed by atoms with E-state index in [1.54, 1.807) is 0 Å². The summed E-state index contributed by atoms with van der Waals surface area (Å²) in [6.07, 6.45) is 9.98. The lowest BCUT2D eigenvalue weighted by atomic mass is 10.1. The van der Waals surface area contributed by atoms with Crippen LogP contribution in [0.25, 0.3) is 0 Å². The average molecular weight is 293 g/mol. The van der Waals surface area contributed by atoms with E-state index in [1.165, 1.54) is 32.1 Å². The zero-order valence-electron chi connectivity index (χ0n) is 12.6. The Kier molecular flexibility index (Phi) is 12.8. The summed E-state index contributed by atoms with van der Waals surface area (Å²) in [4.78, 5) is 0. The summed E-state index contributed by atoms with van der Waals surface area (Å²) >= 11 is 0. The van der Waals surface area contributed by atoms with Gasteiger partial charge in [0.25, 0.3) is 10.1 Å². The van der Waals surface area contributed by atoms with Crippen LogP contribution in [0.4, 0.5) is 0 Å². The third-order valence-corrected chi connectivity index (χ3v) is 4.40. The lowest BCUT2D eigenvalue weighted by molar-refractivity contribution is 0.310. The highest BCUT2D eigenvalue weighted by atomic mass is 32.2. The van der Waals surface area contributed by atoms with Crippen LogP contribution in [0.15, 0.2) is 0 Å². The van der Waals surface area contributed by atoms with E-state index in [2.05, 4.69) is 12.2 Å². The quantitative estimate of drug-likeness (QED) is 0.395. The van der Waals surface area contributed by atoms with Crippen LogP contribution in [-0.4, -0.2) is 34.4 Å². The third-order valence-electron chi connectivity index (χ3n) is 3.08. The van der Waals surface area contributed by atoms with Crippen LogP contribution < -0.4 is 5.32 Å². The molecule has 0 bridgehead atoms. The molecular weight excluding hydrogens is 262 g/mol. The van der Waals surface area contributed by atoms with Gasteiger partial charge in [0.2, 0.25) is 0 Å². The molecule has 0 saturated carbocycles. The van der Waals surface area contributed by atoms with Crippen molar-refractivity contribution >= 4 is 10.1 Å². The molecule has 0 aromatic carbocycles. The van der Waals surface area contributed by atoms with Crippen molar-refractivity contribution in [3.8, 4) is 0 Å². The number of hydrogen-bond donors (Lipinski definition) is 1. The Morgan fingerprint density at radius 3 is 2.05 bits per heavy atom. The first-order chi connectivity index (χ1) is 9.12. The number of nitrogens with one attached hydrogen (secondary N) is 1. The topological polar surface area (TPSA) is 55.4 Å². The third kappa shape index (κ3) is 14.1. The molecule has 0 unspecified atom stereocenters. The van der Waals surface area contributed by atoms with Gasteiger partial charge in [-0.05, 0) is 26.4 Å². The minimum atomic E-state index is -3.29. The summed E-state index contributed by atoms with van der Waals surface area (Å²) in [5.74, 6) is 0.168. The molecule has 0 saturated heterocycles. The average Bonchev–Trinajstić information content (AvgIpc) is 2.38. The lowest BCUT2D eigenvalue weighted by Gasteiger charge is -2.05. The van der Waals surface area contributed by atoms with E-state index in [0.717, 1.165) is 32.2 Å². The summed E-state index contributed by atoms with van der Waals surface area (Å²) in [7, 11) is -1.45. The highest BCUT2D eigenvalue weighted by Crippen LogP contribution is 2.09.